The molecule has 8 heteroatoms. The van der Waals surface area contributed by atoms with Gasteiger partial charge in [0, 0.05) is 11.7 Å². The van der Waals surface area contributed by atoms with Crippen molar-refractivity contribution in [1.29, 1.82) is 0 Å². The number of amides is 1. The van der Waals surface area contributed by atoms with Crippen LogP contribution in [0.25, 0.3) is 0 Å². The standard InChI is InChI=1S/C15H17FN2O3S2/c1-2-5-14(19)17-15-18(11-7-4-3-6-10(11)16)12-8-23(20,21)9-13(12)22-15/h3-4,6-7,12-13H,2,5,8-9H2,1H3. The lowest BCUT2D eigenvalue weighted by Crippen LogP contribution is -2.38. The van der Waals surface area contributed by atoms with E-state index in [0.29, 0.717) is 18.0 Å². The molecule has 0 saturated carbocycles. The summed E-state index contributed by atoms with van der Waals surface area (Å²) in [5.74, 6) is -0.721. The zero-order valence-electron chi connectivity index (χ0n) is 12.6. The highest BCUT2D eigenvalue weighted by atomic mass is 32.2. The average molecular weight is 356 g/mol. The van der Waals surface area contributed by atoms with Crippen LogP contribution in [0.15, 0.2) is 29.3 Å². The number of benzene rings is 1. The minimum Gasteiger partial charge on any atom is -0.313 e. The second-order valence-electron chi connectivity index (χ2n) is 5.66. The van der Waals surface area contributed by atoms with Crippen molar-refractivity contribution in [2.45, 2.75) is 31.1 Å². The van der Waals surface area contributed by atoms with Crippen molar-refractivity contribution in [3.63, 3.8) is 0 Å². The van der Waals surface area contributed by atoms with Crippen LogP contribution in [-0.4, -0.2) is 42.3 Å². The highest BCUT2D eigenvalue weighted by Crippen LogP contribution is 2.41. The third-order valence-electron chi connectivity index (χ3n) is 3.86. The molecule has 5 nitrogen and oxygen atoms in total. The van der Waals surface area contributed by atoms with Gasteiger partial charge in [0.2, 0.25) is 5.91 Å². The number of amidine groups is 1. The molecular formula is C15H17FN2O3S2. The Kier molecular flexibility index (Phi) is 4.46. The second kappa shape index (κ2) is 6.24. The minimum absolute atomic E-state index is 0.0360. The number of aliphatic imine (C=N–C) groups is 1. The Morgan fingerprint density at radius 1 is 1.39 bits per heavy atom. The fraction of sp³-hybridized carbons (Fsp3) is 0.467. The van der Waals surface area contributed by atoms with Crippen molar-refractivity contribution in [1.82, 2.24) is 0 Å². The molecule has 0 radical (unpaired) electrons. The number of rotatable bonds is 3. The monoisotopic (exact) mass is 356 g/mol. The minimum atomic E-state index is -3.15. The molecule has 124 valence electrons. The lowest BCUT2D eigenvalue weighted by atomic mass is 10.2. The largest absolute Gasteiger partial charge is 0.313 e. The number of carbonyl (C=O) groups is 1. The van der Waals surface area contributed by atoms with Gasteiger partial charge >= 0.3 is 0 Å². The lowest BCUT2D eigenvalue weighted by molar-refractivity contribution is -0.117. The molecular weight excluding hydrogens is 339 g/mol. The Balaban J connectivity index is 2.01. The lowest BCUT2D eigenvalue weighted by Gasteiger charge is -2.24. The molecule has 0 aromatic heterocycles. The van der Waals surface area contributed by atoms with Crippen molar-refractivity contribution < 1.29 is 17.6 Å². The summed E-state index contributed by atoms with van der Waals surface area (Å²) >= 11 is 1.26. The van der Waals surface area contributed by atoms with E-state index in [1.54, 1.807) is 23.1 Å². The molecule has 2 fully saturated rings. The molecule has 2 unspecified atom stereocenters. The number of sulfone groups is 1. The number of anilines is 1. The Bertz CT molecular complexity index is 764. The highest BCUT2D eigenvalue weighted by Gasteiger charge is 2.49. The molecule has 2 saturated heterocycles. The zero-order valence-corrected chi connectivity index (χ0v) is 14.2. The Hall–Kier alpha value is -1.41. The van der Waals surface area contributed by atoms with Gasteiger partial charge in [0.1, 0.15) is 5.82 Å². The number of para-hydroxylation sites is 1. The summed E-state index contributed by atoms with van der Waals surface area (Å²) in [6.07, 6.45) is 1.00. The Morgan fingerprint density at radius 3 is 2.83 bits per heavy atom. The van der Waals surface area contributed by atoms with Gasteiger partial charge < -0.3 is 4.90 Å². The quantitative estimate of drug-likeness (QED) is 0.831. The fourth-order valence-electron chi connectivity index (χ4n) is 2.87. The molecule has 2 heterocycles. The summed E-state index contributed by atoms with van der Waals surface area (Å²) in [5.41, 5.74) is 0.271. The number of fused-ring (bicyclic) bond motifs is 1. The molecule has 2 atom stereocenters. The van der Waals surface area contributed by atoms with Crippen LogP contribution in [-0.2, 0) is 14.6 Å². The van der Waals surface area contributed by atoms with E-state index in [-0.39, 0.29) is 34.4 Å². The van der Waals surface area contributed by atoms with Crippen LogP contribution < -0.4 is 4.90 Å². The molecule has 0 spiro atoms. The maximum absolute atomic E-state index is 14.2. The number of carbonyl (C=O) groups excluding carboxylic acids is 1. The first kappa shape index (κ1) is 16.4. The van der Waals surface area contributed by atoms with Crippen molar-refractivity contribution in [3.8, 4) is 0 Å². The predicted molar refractivity (Wildman–Crippen MR) is 90.0 cm³/mol. The van der Waals surface area contributed by atoms with Crippen molar-refractivity contribution >= 4 is 38.4 Å². The highest BCUT2D eigenvalue weighted by molar-refractivity contribution is 8.16. The third-order valence-corrected chi connectivity index (χ3v) is 7.07. The van der Waals surface area contributed by atoms with Gasteiger partial charge in [-0.1, -0.05) is 30.8 Å². The molecule has 2 aliphatic heterocycles. The molecule has 0 N–H and O–H groups in total. The molecule has 0 aliphatic carbocycles. The van der Waals surface area contributed by atoms with E-state index in [4.69, 9.17) is 0 Å². The first-order valence-corrected chi connectivity index (χ1v) is 10.1. The summed E-state index contributed by atoms with van der Waals surface area (Å²) in [5, 5.41) is 0.186. The number of nitrogens with zero attached hydrogens (tertiary/aromatic N) is 2. The van der Waals surface area contributed by atoms with E-state index < -0.39 is 15.7 Å². The van der Waals surface area contributed by atoms with E-state index in [2.05, 4.69) is 4.99 Å². The number of hydrogen-bond donors (Lipinski definition) is 0. The molecule has 3 rings (SSSR count). The van der Waals surface area contributed by atoms with Crippen LogP contribution >= 0.6 is 11.8 Å². The van der Waals surface area contributed by atoms with Crippen LogP contribution in [0.3, 0.4) is 0 Å². The van der Waals surface area contributed by atoms with Crippen LogP contribution in [0.4, 0.5) is 10.1 Å². The van der Waals surface area contributed by atoms with Gasteiger partial charge in [-0.25, -0.2) is 12.8 Å². The summed E-state index contributed by atoms with van der Waals surface area (Å²) in [7, 11) is -3.15. The third kappa shape index (κ3) is 3.28. The van der Waals surface area contributed by atoms with Gasteiger partial charge in [0.25, 0.3) is 0 Å². The molecule has 1 aromatic carbocycles. The van der Waals surface area contributed by atoms with Gasteiger partial charge in [-0.3, -0.25) is 4.79 Å². The van der Waals surface area contributed by atoms with Crippen molar-refractivity contribution in [2.75, 3.05) is 16.4 Å². The Labute approximate surface area is 138 Å². The van der Waals surface area contributed by atoms with Gasteiger partial charge in [-0.2, -0.15) is 4.99 Å². The summed E-state index contributed by atoms with van der Waals surface area (Å²) < 4.78 is 38.0. The fourth-order valence-corrected chi connectivity index (χ4v) is 6.79. The molecule has 1 aromatic rings. The van der Waals surface area contributed by atoms with Crippen molar-refractivity contribution in [3.05, 3.63) is 30.1 Å². The number of hydrogen-bond acceptors (Lipinski definition) is 4. The number of thioether (sulfide) groups is 1. The summed E-state index contributed by atoms with van der Waals surface area (Å²) in [4.78, 5) is 17.6. The molecule has 0 bridgehead atoms. The van der Waals surface area contributed by atoms with Crippen LogP contribution in [0, 0.1) is 5.82 Å². The molecule has 1 amide bonds. The molecule has 23 heavy (non-hydrogen) atoms. The number of halogens is 1. The normalized spacial score (nSPS) is 27.4. The Morgan fingerprint density at radius 2 is 2.13 bits per heavy atom. The summed E-state index contributed by atoms with van der Waals surface area (Å²) in [6.45, 7) is 1.88. The van der Waals surface area contributed by atoms with Crippen LogP contribution in [0.1, 0.15) is 19.8 Å². The van der Waals surface area contributed by atoms with Gasteiger partial charge in [0.15, 0.2) is 15.0 Å². The first-order chi connectivity index (χ1) is 10.9. The SMILES string of the molecule is CCCC(=O)N=C1SC2CS(=O)(=O)CC2N1c1ccccc1F. The topological polar surface area (TPSA) is 66.8 Å². The smallest absolute Gasteiger partial charge is 0.248 e. The van der Waals surface area contributed by atoms with E-state index >= 15 is 0 Å². The summed E-state index contributed by atoms with van der Waals surface area (Å²) in [6, 6.07) is 5.79. The van der Waals surface area contributed by atoms with Crippen LogP contribution in [0.5, 0.6) is 0 Å². The van der Waals surface area contributed by atoms with E-state index in [9.17, 15) is 17.6 Å². The van der Waals surface area contributed by atoms with E-state index in [0.717, 1.165) is 0 Å². The average Bonchev–Trinajstić information content (AvgIpc) is 2.91. The van der Waals surface area contributed by atoms with Gasteiger partial charge in [-0.15, -0.1) is 0 Å². The van der Waals surface area contributed by atoms with E-state index in [1.807, 2.05) is 6.92 Å². The van der Waals surface area contributed by atoms with Gasteiger partial charge in [-0.05, 0) is 18.6 Å². The van der Waals surface area contributed by atoms with Crippen molar-refractivity contribution in [2.24, 2.45) is 4.99 Å². The van der Waals surface area contributed by atoms with Crippen LogP contribution in [0.2, 0.25) is 0 Å². The maximum atomic E-state index is 14.2. The van der Waals surface area contributed by atoms with E-state index in [1.165, 1.54) is 17.8 Å². The first-order valence-electron chi connectivity index (χ1n) is 7.43. The maximum Gasteiger partial charge on any atom is 0.248 e. The second-order valence-corrected chi connectivity index (χ2v) is 9.02. The zero-order chi connectivity index (χ0) is 16.6. The van der Waals surface area contributed by atoms with Gasteiger partial charge in [0.05, 0.1) is 23.2 Å². The predicted octanol–water partition coefficient (Wildman–Crippen LogP) is 2.23. The molecule has 2 aliphatic rings.